The Hall–Kier alpha value is -2.15. The molecule has 0 radical (unpaired) electrons. The number of hydrogen-bond donors (Lipinski definition) is 0. The molecule has 130 valence electrons. The minimum Gasteiger partial charge on any atom is -0.337 e. The highest BCUT2D eigenvalue weighted by Gasteiger charge is 2.33. The molecule has 0 N–H and O–H groups in total. The molecular formula is C17H26N6O. The molecule has 0 bridgehead atoms. The lowest BCUT2D eigenvalue weighted by molar-refractivity contribution is 0.0472. The van der Waals surface area contributed by atoms with Gasteiger partial charge in [-0.2, -0.15) is 5.10 Å². The van der Waals surface area contributed by atoms with Crippen LogP contribution < -0.4 is 0 Å². The van der Waals surface area contributed by atoms with Crippen molar-refractivity contribution in [2.24, 2.45) is 14.1 Å². The fraction of sp³-hybridized carbons (Fsp3) is 0.588. The molecule has 2 aromatic heterocycles. The van der Waals surface area contributed by atoms with Crippen LogP contribution in [0.25, 0.3) is 0 Å². The first kappa shape index (κ1) is 16.7. The third kappa shape index (κ3) is 2.96. The zero-order valence-corrected chi connectivity index (χ0v) is 14.9. The number of likely N-dealkylation sites (N-methyl/N-ethyl adjacent to an activating group) is 1. The Morgan fingerprint density at radius 3 is 2.71 bits per heavy atom. The van der Waals surface area contributed by atoms with E-state index in [1.807, 2.05) is 49.1 Å². The highest BCUT2D eigenvalue weighted by Crippen LogP contribution is 2.25. The molecule has 0 spiro atoms. The molecule has 3 rings (SSSR count). The van der Waals surface area contributed by atoms with E-state index in [9.17, 15) is 4.79 Å². The maximum atomic E-state index is 13.0. The summed E-state index contributed by atoms with van der Waals surface area (Å²) in [5.41, 5.74) is 1.59. The van der Waals surface area contributed by atoms with Crippen molar-refractivity contribution >= 4 is 5.91 Å². The molecule has 1 amide bonds. The van der Waals surface area contributed by atoms with Crippen LogP contribution in [0.4, 0.5) is 0 Å². The first-order valence-electron chi connectivity index (χ1n) is 8.58. The number of carbonyl (C=O) groups is 1. The van der Waals surface area contributed by atoms with Gasteiger partial charge in [0.15, 0.2) is 0 Å². The lowest BCUT2D eigenvalue weighted by Crippen LogP contribution is -2.51. The van der Waals surface area contributed by atoms with E-state index in [-0.39, 0.29) is 11.9 Å². The standard InChI is InChI=1S/C17H26N6O/c1-5-14-13(11-21(4)19-14)17(24)23-10-9-22(6-2)15(12-23)16-18-7-8-20(16)3/h7-8,11,15H,5-6,9-10,12H2,1-4H3. The highest BCUT2D eigenvalue weighted by molar-refractivity contribution is 5.95. The van der Waals surface area contributed by atoms with Crippen molar-refractivity contribution in [1.29, 1.82) is 0 Å². The van der Waals surface area contributed by atoms with Gasteiger partial charge in [0.2, 0.25) is 0 Å². The van der Waals surface area contributed by atoms with Gasteiger partial charge in [0, 0.05) is 52.3 Å². The second kappa shape index (κ2) is 6.76. The van der Waals surface area contributed by atoms with Crippen molar-refractivity contribution in [1.82, 2.24) is 29.1 Å². The normalized spacial score (nSPS) is 19.0. The molecule has 1 unspecified atom stereocenters. The summed E-state index contributed by atoms with van der Waals surface area (Å²) < 4.78 is 3.77. The number of carbonyl (C=O) groups excluding carboxylic acids is 1. The Morgan fingerprint density at radius 1 is 1.29 bits per heavy atom. The van der Waals surface area contributed by atoms with E-state index < -0.39 is 0 Å². The number of amides is 1. The number of imidazole rings is 1. The van der Waals surface area contributed by atoms with Crippen molar-refractivity contribution in [3.05, 3.63) is 35.7 Å². The largest absolute Gasteiger partial charge is 0.337 e. The fourth-order valence-electron chi connectivity index (χ4n) is 3.47. The number of piperazine rings is 1. The Morgan fingerprint density at radius 2 is 2.08 bits per heavy atom. The SMILES string of the molecule is CCc1nn(C)cc1C(=O)N1CCN(CC)C(c2nccn2C)C1. The van der Waals surface area contributed by atoms with E-state index >= 15 is 0 Å². The summed E-state index contributed by atoms with van der Waals surface area (Å²) in [5.74, 6) is 1.09. The molecule has 1 atom stereocenters. The quantitative estimate of drug-likeness (QED) is 0.846. The highest BCUT2D eigenvalue weighted by atomic mass is 16.2. The predicted molar refractivity (Wildman–Crippen MR) is 91.7 cm³/mol. The summed E-state index contributed by atoms with van der Waals surface area (Å²) in [6.45, 7) is 7.41. The Kier molecular flexibility index (Phi) is 4.71. The smallest absolute Gasteiger partial charge is 0.257 e. The Bertz CT molecular complexity index is 718. The molecule has 0 aromatic carbocycles. The molecule has 3 heterocycles. The van der Waals surface area contributed by atoms with E-state index in [0.29, 0.717) is 6.54 Å². The van der Waals surface area contributed by atoms with E-state index in [1.165, 1.54) is 0 Å². The molecular weight excluding hydrogens is 304 g/mol. The zero-order valence-electron chi connectivity index (χ0n) is 14.9. The molecule has 1 fully saturated rings. The van der Waals surface area contributed by atoms with Crippen LogP contribution in [-0.4, -0.2) is 61.2 Å². The van der Waals surface area contributed by atoms with Gasteiger partial charge in [0.05, 0.1) is 17.3 Å². The minimum atomic E-state index is 0.0786. The lowest BCUT2D eigenvalue weighted by atomic mass is 10.1. The molecule has 0 aliphatic carbocycles. The van der Waals surface area contributed by atoms with E-state index in [1.54, 1.807) is 4.68 Å². The van der Waals surface area contributed by atoms with Crippen LogP contribution in [0, 0.1) is 0 Å². The van der Waals surface area contributed by atoms with Crippen LogP contribution in [0.5, 0.6) is 0 Å². The van der Waals surface area contributed by atoms with Crippen LogP contribution in [0.1, 0.15) is 41.8 Å². The van der Waals surface area contributed by atoms with Crippen molar-refractivity contribution in [2.45, 2.75) is 26.3 Å². The number of aryl methyl sites for hydroxylation is 3. The molecule has 0 saturated carbocycles. The van der Waals surface area contributed by atoms with Crippen LogP contribution in [0.3, 0.4) is 0 Å². The number of rotatable bonds is 4. The topological polar surface area (TPSA) is 59.2 Å². The van der Waals surface area contributed by atoms with Crippen molar-refractivity contribution in [2.75, 3.05) is 26.2 Å². The van der Waals surface area contributed by atoms with E-state index in [2.05, 4.69) is 21.9 Å². The van der Waals surface area contributed by atoms with Gasteiger partial charge in [-0.25, -0.2) is 4.98 Å². The van der Waals surface area contributed by atoms with Gasteiger partial charge < -0.3 is 9.47 Å². The second-order valence-electron chi connectivity index (χ2n) is 6.31. The van der Waals surface area contributed by atoms with Gasteiger partial charge in [-0.3, -0.25) is 14.4 Å². The van der Waals surface area contributed by atoms with Gasteiger partial charge in [-0.05, 0) is 13.0 Å². The maximum absolute atomic E-state index is 13.0. The van der Waals surface area contributed by atoms with Crippen LogP contribution in [0.2, 0.25) is 0 Å². The third-order valence-electron chi connectivity index (χ3n) is 4.81. The van der Waals surface area contributed by atoms with Crippen molar-refractivity contribution in [3.8, 4) is 0 Å². The Labute approximate surface area is 142 Å². The van der Waals surface area contributed by atoms with Gasteiger partial charge in [0.25, 0.3) is 5.91 Å². The van der Waals surface area contributed by atoms with Gasteiger partial charge in [-0.1, -0.05) is 13.8 Å². The van der Waals surface area contributed by atoms with E-state index in [0.717, 1.165) is 43.1 Å². The average Bonchev–Trinajstić information content (AvgIpc) is 3.18. The van der Waals surface area contributed by atoms with Gasteiger partial charge in [-0.15, -0.1) is 0 Å². The first-order chi connectivity index (χ1) is 11.5. The van der Waals surface area contributed by atoms with Gasteiger partial charge in [0.1, 0.15) is 5.82 Å². The summed E-state index contributed by atoms with van der Waals surface area (Å²) in [5, 5.41) is 4.40. The van der Waals surface area contributed by atoms with Crippen LogP contribution in [-0.2, 0) is 20.5 Å². The average molecular weight is 330 g/mol. The Balaban J connectivity index is 1.85. The molecule has 2 aromatic rings. The predicted octanol–water partition coefficient (Wildman–Crippen LogP) is 1.23. The summed E-state index contributed by atoms with van der Waals surface area (Å²) in [6.07, 6.45) is 6.38. The fourth-order valence-corrected chi connectivity index (χ4v) is 3.47. The van der Waals surface area contributed by atoms with Crippen LogP contribution in [0.15, 0.2) is 18.6 Å². The maximum Gasteiger partial charge on any atom is 0.257 e. The number of hydrogen-bond acceptors (Lipinski definition) is 4. The van der Waals surface area contributed by atoms with Crippen LogP contribution >= 0.6 is 0 Å². The summed E-state index contributed by atoms with van der Waals surface area (Å²) in [4.78, 5) is 21.9. The molecule has 7 heteroatoms. The molecule has 7 nitrogen and oxygen atoms in total. The van der Waals surface area contributed by atoms with Crippen molar-refractivity contribution in [3.63, 3.8) is 0 Å². The second-order valence-corrected chi connectivity index (χ2v) is 6.31. The third-order valence-corrected chi connectivity index (χ3v) is 4.81. The van der Waals surface area contributed by atoms with Crippen molar-refractivity contribution < 1.29 is 4.79 Å². The summed E-state index contributed by atoms with van der Waals surface area (Å²) >= 11 is 0. The summed E-state index contributed by atoms with van der Waals surface area (Å²) in [7, 11) is 3.87. The first-order valence-corrected chi connectivity index (χ1v) is 8.58. The lowest BCUT2D eigenvalue weighted by Gasteiger charge is -2.40. The zero-order chi connectivity index (χ0) is 17.3. The summed E-state index contributed by atoms with van der Waals surface area (Å²) in [6, 6.07) is 0.134. The monoisotopic (exact) mass is 330 g/mol. The molecule has 1 saturated heterocycles. The molecule has 1 aliphatic heterocycles. The number of aromatic nitrogens is 4. The van der Waals surface area contributed by atoms with Gasteiger partial charge >= 0.3 is 0 Å². The minimum absolute atomic E-state index is 0.0786. The number of nitrogens with zero attached hydrogens (tertiary/aromatic N) is 6. The van der Waals surface area contributed by atoms with E-state index in [4.69, 9.17) is 0 Å². The molecule has 24 heavy (non-hydrogen) atoms. The molecule has 1 aliphatic rings.